The first-order valence-corrected chi connectivity index (χ1v) is 8.00. The van der Waals surface area contributed by atoms with E-state index >= 15 is 0 Å². The van der Waals surface area contributed by atoms with Crippen LogP contribution in [0.2, 0.25) is 0 Å². The summed E-state index contributed by atoms with van der Waals surface area (Å²) in [5.41, 5.74) is 2.74. The number of hydrogen-bond acceptors (Lipinski definition) is 2. The molecular formula is C19H18F2N2O2. The minimum absolute atomic E-state index is 0.143. The van der Waals surface area contributed by atoms with Gasteiger partial charge in [0.2, 0.25) is 5.91 Å². The number of rotatable bonds is 3. The van der Waals surface area contributed by atoms with Crippen molar-refractivity contribution in [2.75, 3.05) is 11.4 Å². The van der Waals surface area contributed by atoms with Crippen molar-refractivity contribution < 1.29 is 18.4 Å². The molecule has 1 heterocycles. The fourth-order valence-electron chi connectivity index (χ4n) is 3.10. The van der Waals surface area contributed by atoms with Crippen LogP contribution in [0.1, 0.15) is 27.9 Å². The smallest absolute Gasteiger partial charge is 0.252 e. The summed E-state index contributed by atoms with van der Waals surface area (Å²) in [6.07, 6.45) is 0.440. The molecular weight excluding hydrogens is 326 g/mol. The molecule has 1 atom stereocenters. The molecule has 0 aliphatic carbocycles. The average molecular weight is 344 g/mol. The predicted molar refractivity (Wildman–Crippen MR) is 90.5 cm³/mol. The lowest BCUT2D eigenvalue weighted by atomic mass is 10.1. The number of carbonyl (C=O) groups is 2. The Bertz CT molecular complexity index is 811. The maximum absolute atomic E-state index is 13.2. The van der Waals surface area contributed by atoms with Crippen LogP contribution in [0.4, 0.5) is 14.5 Å². The van der Waals surface area contributed by atoms with Gasteiger partial charge in [-0.2, -0.15) is 0 Å². The third-order valence-corrected chi connectivity index (χ3v) is 4.15. The Balaban J connectivity index is 1.74. The van der Waals surface area contributed by atoms with Gasteiger partial charge in [0.1, 0.15) is 17.7 Å². The number of halogens is 2. The summed E-state index contributed by atoms with van der Waals surface area (Å²) in [5.74, 6) is -2.56. The van der Waals surface area contributed by atoms with Gasteiger partial charge in [-0.05, 0) is 55.7 Å². The Labute approximate surface area is 144 Å². The van der Waals surface area contributed by atoms with Crippen LogP contribution in [0.5, 0.6) is 0 Å². The van der Waals surface area contributed by atoms with Crippen molar-refractivity contribution in [3.63, 3.8) is 0 Å². The summed E-state index contributed by atoms with van der Waals surface area (Å²) in [5, 5.41) is 2.56. The number of amides is 2. The number of nitrogens with zero attached hydrogens (tertiary/aromatic N) is 1. The quantitative estimate of drug-likeness (QED) is 0.930. The van der Waals surface area contributed by atoms with Crippen LogP contribution in [-0.4, -0.2) is 24.4 Å². The highest BCUT2D eigenvalue weighted by atomic mass is 19.1. The molecule has 4 nitrogen and oxygen atoms in total. The molecule has 3 rings (SSSR count). The van der Waals surface area contributed by atoms with Crippen molar-refractivity contribution in [1.29, 1.82) is 0 Å². The van der Waals surface area contributed by atoms with Crippen molar-refractivity contribution >= 4 is 17.5 Å². The second-order valence-corrected chi connectivity index (χ2v) is 6.31. The Morgan fingerprint density at radius 2 is 1.64 bits per heavy atom. The van der Waals surface area contributed by atoms with E-state index in [0.717, 1.165) is 28.9 Å². The molecule has 1 fully saturated rings. The van der Waals surface area contributed by atoms with E-state index in [-0.39, 0.29) is 11.5 Å². The minimum Gasteiger partial charge on any atom is -0.340 e. The van der Waals surface area contributed by atoms with E-state index < -0.39 is 23.6 Å². The summed E-state index contributed by atoms with van der Waals surface area (Å²) in [4.78, 5) is 26.4. The van der Waals surface area contributed by atoms with Gasteiger partial charge in [-0.1, -0.05) is 6.07 Å². The van der Waals surface area contributed by atoms with Gasteiger partial charge in [-0.25, -0.2) is 8.78 Å². The zero-order chi connectivity index (χ0) is 18.1. The fraction of sp³-hybridized carbons (Fsp3) is 0.263. The second kappa shape index (κ2) is 6.63. The molecule has 6 heteroatoms. The average Bonchev–Trinajstić information content (AvgIpc) is 2.86. The normalized spacial score (nSPS) is 17.0. The Morgan fingerprint density at radius 1 is 1.04 bits per heavy atom. The molecule has 0 aromatic heterocycles. The minimum atomic E-state index is -0.834. The first-order valence-electron chi connectivity index (χ1n) is 8.00. The monoisotopic (exact) mass is 344 g/mol. The van der Waals surface area contributed by atoms with Gasteiger partial charge in [-0.15, -0.1) is 0 Å². The van der Waals surface area contributed by atoms with Crippen LogP contribution < -0.4 is 10.2 Å². The molecule has 0 radical (unpaired) electrons. The molecule has 0 saturated carbocycles. The molecule has 0 spiro atoms. The molecule has 130 valence electrons. The van der Waals surface area contributed by atoms with Crippen LogP contribution in [0.25, 0.3) is 0 Å². The highest BCUT2D eigenvalue weighted by Crippen LogP contribution is 2.24. The first-order chi connectivity index (χ1) is 11.8. The van der Waals surface area contributed by atoms with E-state index in [9.17, 15) is 18.4 Å². The van der Waals surface area contributed by atoms with E-state index in [4.69, 9.17) is 0 Å². The van der Waals surface area contributed by atoms with Gasteiger partial charge in [0.15, 0.2) is 0 Å². The zero-order valence-corrected chi connectivity index (χ0v) is 14.0. The number of nitrogens with one attached hydrogen (secondary N) is 1. The molecule has 0 bridgehead atoms. The highest BCUT2D eigenvalue weighted by Gasteiger charge is 2.34. The Kier molecular flexibility index (Phi) is 4.53. The van der Waals surface area contributed by atoms with Crippen LogP contribution in [0.3, 0.4) is 0 Å². The Hall–Kier alpha value is -2.76. The summed E-state index contributed by atoms with van der Waals surface area (Å²) in [6, 6.07) is 7.72. The topological polar surface area (TPSA) is 49.4 Å². The van der Waals surface area contributed by atoms with Crippen LogP contribution >= 0.6 is 0 Å². The van der Waals surface area contributed by atoms with E-state index in [2.05, 4.69) is 5.32 Å². The maximum atomic E-state index is 13.2. The van der Waals surface area contributed by atoms with Gasteiger partial charge in [-0.3, -0.25) is 9.59 Å². The lowest BCUT2D eigenvalue weighted by molar-refractivity contribution is -0.118. The summed E-state index contributed by atoms with van der Waals surface area (Å²) < 4.78 is 26.5. The number of aryl methyl sites for hydroxylation is 2. The largest absolute Gasteiger partial charge is 0.340 e. The van der Waals surface area contributed by atoms with Crippen LogP contribution in [-0.2, 0) is 4.79 Å². The van der Waals surface area contributed by atoms with Gasteiger partial charge < -0.3 is 10.2 Å². The van der Waals surface area contributed by atoms with Crippen LogP contribution in [0, 0.1) is 25.5 Å². The number of benzene rings is 2. The number of hydrogen-bond donors (Lipinski definition) is 1. The van der Waals surface area contributed by atoms with E-state index in [1.807, 2.05) is 32.0 Å². The number of anilines is 1. The van der Waals surface area contributed by atoms with Gasteiger partial charge in [0.05, 0.1) is 0 Å². The molecule has 25 heavy (non-hydrogen) atoms. The lowest BCUT2D eigenvalue weighted by Gasteiger charge is -2.18. The van der Waals surface area contributed by atoms with E-state index in [1.165, 1.54) is 0 Å². The van der Waals surface area contributed by atoms with E-state index in [0.29, 0.717) is 19.0 Å². The molecule has 2 aromatic rings. The standard InChI is InChI=1S/C19H18F2N2O2/c1-11-5-12(2)7-16(6-11)23-4-3-17(19(23)25)22-18(24)13-8-14(20)10-15(21)9-13/h5-10,17H,3-4H2,1-2H3,(H,22,24)/t17-/m0/s1. The molecule has 1 aliphatic rings. The summed E-state index contributed by atoms with van der Waals surface area (Å²) in [6.45, 7) is 4.38. The van der Waals surface area contributed by atoms with Crippen molar-refractivity contribution in [1.82, 2.24) is 5.32 Å². The Morgan fingerprint density at radius 3 is 2.24 bits per heavy atom. The second-order valence-electron chi connectivity index (χ2n) is 6.31. The number of carbonyl (C=O) groups excluding carboxylic acids is 2. The fourth-order valence-corrected chi connectivity index (χ4v) is 3.10. The third-order valence-electron chi connectivity index (χ3n) is 4.15. The van der Waals surface area contributed by atoms with Crippen molar-refractivity contribution in [3.05, 3.63) is 64.7 Å². The zero-order valence-electron chi connectivity index (χ0n) is 14.0. The maximum Gasteiger partial charge on any atom is 0.252 e. The molecule has 2 amide bonds. The predicted octanol–water partition coefficient (Wildman–Crippen LogP) is 3.12. The lowest BCUT2D eigenvalue weighted by Crippen LogP contribution is -2.41. The first kappa shape index (κ1) is 17.1. The molecule has 1 aliphatic heterocycles. The summed E-state index contributed by atoms with van der Waals surface area (Å²) in [7, 11) is 0. The van der Waals surface area contributed by atoms with Crippen molar-refractivity contribution in [2.24, 2.45) is 0 Å². The highest BCUT2D eigenvalue weighted by molar-refractivity contribution is 6.04. The van der Waals surface area contributed by atoms with Gasteiger partial charge in [0.25, 0.3) is 5.91 Å². The van der Waals surface area contributed by atoms with Gasteiger partial charge in [0, 0.05) is 23.9 Å². The molecule has 1 saturated heterocycles. The molecule has 0 unspecified atom stereocenters. The SMILES string of the molecule is Cc1cc(C)cc(N2CC[C@H](NC(=O)c3cc(F)cc(F)c3)C2=O)c1. The van der Waals surface area contributed by atoms with Crippen molar-refractivity contribution in [2.45, 2.75) is 26.3 Å². The third kappa shape index (κ3) is 3.68. The van der Waals surface area contributed by atoms with Crippen LogP contribution in [0.15, 0.2) is 36.4 Å². The summed E-state index contributed by atoms with van der Waals surface area (Å²) >= 11 is 0. The van der Waals surface area contributed by atoms with Crippen molar-refractivity contribution in [3.8, 4) is 0 Å². The van der Waals surface area contributed by atoms with Gasteiger partial charge >= 0.3 is 0 Å². The molecule has 1 N–H and O–H groups in total. The molecule has 2 aromatic carbocycles. The van der Waals surface area contributed by atoms with E-state index in [1.54, 1.807) is 4.90 Å².